The topological polar surface area (TPSA) is 97.4 Å². The molecular formula is C15H18FN3O4S2. The van der Waals surface area contributed by atoms with Crippen LogP contribution in [0.3, 0.4) is 0 Å². The Morgan fingerprint density at radius 2 is 2.12 bits per heavy atom. The lowest BCUT2D eigenvalue weighted by Crippen LogP contribution is -2.29. The van der Waals surface area contributed by atoms with Crippen molar-refractivity contribution in [2.24, 2.45) is 0 Å². The van der Waals surface area contributed by atoms with E-state index >= 15 is 0 Å². The van der Waals surface area contributed by atoms with Gasteiger partial charge in [-0.25, -0.2) is 27.3 Å². The summed E-state index contributed by atoms with van der Waals surface area (Å²) in [6, 6.07) is 3.11. The first-order chi connectivity index (χ1) is 11.8. The highest BCUT2D eigenvalue weighted by molar-refractivity contribution is 7.89. The van der Waals surface area contributed by atoms with Crippen molar-refractivity contribution in [1.82, 2.24) is 9.71 Å². The first-order valence-electron chi connectivity index (χ1n) is 7.46. The summed E-state index contributed by atoms with van der Waals surface area (Å²) in [4.78, 5) is 15.2. The molecule has 136 valence electrons. The highest BCUT2D eigenvalue weighted by Crippen LogP contribution is 2.17. The molecular weight excluding hydrogens is 369 g/mol. The van der Waals surface area contributed by atoms with Crippen molar-refractivity contribution >= 4 is 32.5 Å². The van der Waals surface area contributed by atoms with Crippen molar-refractivity contribution < 1.29 is 22.3 Å². The summed E-state index contributed by atoms with van der Waals surface area (Å²) in [7, 11) is -4.03. The molecule has 7 nitrogen and oxygen atoms in total. The van der Waals surface area contributed by atoms with Crippen LogP contribution in [0, 0.1) is 12.7 Å². The van der Waals surface area contributed by atoms with E-state index in [2.05, 4.69) is 15.0 Å². The summed E-state index contributed by atoms with van der Waals surface area (Å²) < 4.78 is 45.5. The van der Waals surface area contributed by atoms with Gasteiger partial charge in [0.15, 0.2) is 5.13 Å². The van der Waals surface area contributed by atoms with E-state index in [0.29, 0.717) is 11.7 Å². The Hall–Kier alpha value is -2.04. The van der Waals surface area contributed by atoms with Crippen molar-refractivity contribution in [2.45, 2.75) is 18.7 Å². The summed E-state index contributed by atoms with van der Waals surface area (Å²) in [5.41, 5.74) is 0.830. The number of aromatic nitrogens is 1. The third kappa shape index (κ3) is 5.21. The lowest BCUT2D eigenvalue weighted by Gasteiger charge is -2.09. The van der Waals surface area contributed by atoms with Crippen molar-refractivity contribution in [1.29, 1.82) is 0 Å². The third-order valence-corrected chi connectivity index (χ3v) is 5.46. The van der Waals surface area contributed by atoms with Crippen LogP contribution in [0.4, 0.5) is 9.52 Å². The minimum atomic E-state index is -4.03. The maximum absolute atomic E-state index is 14.1. The Morgan fingerprint density at radius 1 is 1.36 bits per heavy atom. The van der Waals surface area contributed by atoms with Gasteiger partial charge in [-0.2, -0.15) is 0 Å². The average Bonchev–Trinajstić information content (AvgIpc) is 2.97. The van der Waals surface area contributed by atoms with E-state index in [9.17, 15) is 17.6 Å². The van der Waals surface area contributed by atoms with Crippen LogP contribution in [0.5, 0.6) is 0 Å². The maximum Gasteiger partial charge on any atom is 0.338 e. The SMILES string of the molecule is CCOC(=O)c1ccc(S(=O)(=O)NCCNc2nc(C)cs2)c(F)c1. The lowest BCUT2D eigenvalue weighted by molar-refractivity contribution is 0.0525. The molecule has 0 aliphatic rings. The maximum atomic E-state index is 14.1. The second kappa shape index (κ2) is 8.37. The fourth-order valence-corrected chi connectivity index (χ4v) is 3.73. The van der Waals surface area contributed by atoms with Gasteiger partial charge in [0.05, 0.1) is 17.9 Å². The first-order valence-corrected chi connectivity index (χ1v) is 9.82. The van der Waals surface area contributed by atoms with Gasteiger partial charge in [0.2, 0.25) is 10.0 Å². The summed E-state index contributed by atoms with van der Waals surface area (Å²) in [6.07, 6.45) is 0. The number of anilines is 1. The smallest absolute Gasteiger partial charge is 0.338 e. The molecule has 0 saturated heterocycles. The molecule has 0 aliphatic heterocycles. The number of carbonyl (C=O) groups is 1. The molecule has 2 rings (SSSR count). The fourth-order valence-electron chi connectivity index (χ4n) is 1.93. The first kappa shape index (κ1) is 19.3. The van der Waals surface area contributed by atoms with E-state index in [1.54, 1.807) is 6.92 Å². The number of carbonyl (C=O) groups excluding carboxylic acids is 1. The van der Waals surface area contributed by atoms with Crippen molar-refractivity contribution in [3.63, 3.8) is 0 Å². The molecule has 0 atom stereocenters. The van der Waals surface area contributed by atoms with E-state index < -0.39 is 26.7 Å². The van der Waals surface area contributed by atoms with E-state index in [1.807, 2.05) is 12.3 Å². The number of hydrogen-bond acceptors (Lipinski definition) is 7. The molecule has 0 fully saturated rings. The molecule has 0 aliphatic carbocycles. The Morgan fingerprint density at radius 3 is 2.72 bits per heavy atom. The van der Waals surface area contributed by atoms with Gasteiger partial charge in [0.25, 0.3) is 0 Å². The van der Waals surface area contributed by atoms with Gasteiger partial charge in [-0.3, -0.25) is 0 Å². The number of halogens is 1. The summed E-state index contributed by atoms with van der Waals surface area (Å²) in [5, 5.41) is 5.52. The van der Waals surface area contributed by atoms with Crippen LogP contribution < -0.4 is 10.0 Å². The van der Waals surface area contributed by atoms with Crippen LogP contribution in [0.15, 0.2) is 28.5 Å². The molecule has 1 aromatic heterocycles. The molecule has 0 amide bonds. The molecule has 2 N–H and O–H groups in total. The van der Waals surface area contributed by atoms with Crippen LogP contribution in [0.2, 0.25) is 0 Å². The fraction of sp³-hybridized carbons (Fsp3) is 0.333. The van der Waals surface area contributed by atoms with Gasteiger partial charge in [-0.15, -0.1) is 11.3 Å². The zero-order valence-electron chi connectivity index (χ0n) is 13.7. The van der Waals surface area contributed by atoms with Gasteiger partial charge in [-0.1, -0.05) is 0 Å². The molecule has 0 unspecified atom stereocenters. The number of hydrogen-bond donors (Lipinski definition) is 2. The number of aryl methyl sites for hydroxylation is 1. The van der Waals surface area contributed by atoms with E-state index in [4.69, 9.17) is 4.74 Å². The highest BCUT2D eigenvalue weighted by Gasteiger charge is 2.20. The summed E-state index contributed by atoms with van der Waals surface area (Å²) in [6.45, 7) is 3.98. The second-order valence-electron chi connectivity index (χ2n) is 4.98. The van der Waals surface area contributed by atoms with Gasteiger partial charge in [-0.05, 0) is 32.0 Å². The van der Waals surface area contributed by atoms with E-state index in [1.165, 1.54) is 17.4 Å². The number of nitrogens with zero attached hydrogens (tertiary/aromatic N) is 1. The normalized spacial score (nSPS) is 11.3. The van der Waals surface area contributed by atoms with Gasteiger partial charge >= 0.3 is 5.97 Å². The zero-order valence-corrected chi connectivity index (χ0v) is 15.3. The summed E-state index contributed by atoms with van der Waals surface area (Å²) in [5.74, 6) is -1.72. The number of ether oxygens (including phenoxy) is 1. The van der Waals surface area contributed by atoms with Crippen LogP contribution in [0.25, 0.3) is 0 Å². The molecule has 25 heavy (non-hydrogen) atoms. The number of esters is 1. The van der Waals surface area contributed by atoms with Crippen molar-refractivity contribution in [3.05, 3.63) is 40.7 Å². The number of nitrogens with one attached hydrogen (secondary N) is 2. The van der Waals surface area contributed by atoms with E-state index in [-0.39, 0.29) is 18.7 Å². The molecule has 10 heteroatoms. The van der Waals surface area contributed by atoms with Crippen molar-refractivity contribution in [3.8, 4) is 0 Å². The monoisotopic (exact) mass is 387 g/mol. The molecule has 0 radical (unpaired) electrons. The predicted octanol–water partition coefficient (Wildman–Crippen LogP) is 2.16. The molecule has 0 spiro atoms. The lowest BCUT2D eigenvalue weighted by atomic mass is 10.2. The third-order valence-electron chi connectivity index (χ3n) is 3.04. The Kier molecular flexibility index (Phi) is 6.45. The van der Waals surface area contributed by atoms with Gasteiger partial charge in [0.1, 0.15) is 10.7 Å². The highest BCUT2D eigenvalue weighted by atomic mass is 32.2. The number of rotatable bonds is 8. The van der Waals surface area contributed by atoms with Crippen LogP contribution in [0.1, 0.15) is 23.0 Å². The van der Waals surface area contributed by atoms with Gasteiger partial charge in [0, 0.05) is 18.5 Å². The Balaban J connectivity index is 1.97. The predicted molar refractivity (Wildman–Crippen MR) is 92.9 cm³/mol. The van der Waals surface area contributed by atoms with Gasteiger partial charge < -0.3 is 10.1 Å². The number of thiazole rings is 1. The van der Waals surface area contributed by atoms with Crippen LogP contribution in [-0.2, 0) is 14.8 Å². The largest absolute Gasteiger partial charge is 0.462 e. The molecule has 2 aromatic rings. The number of sulfonamides is 1. The quantitative estimate of drug-likeness (QED) is 0.532. The second-order valence-corrected chi connectivity index (χ2v) is 7.58. The molecule has 1 heterocycles. The minimum Gasteiger partial charge on any atom is -0.462 e. The Bertz CT molecular complexity index is 852. The molecule has 0 bridgehead atoms. The number of benzene rings is 1. The summed E-state index contributed by atoms with van der Waals surface area (Å²) >= 11 is 1.41. The minimum absolute atomic E-state index is 0.0425. The van der Waals surface area contributed by atoms with E-state index in [0.717, 1.165) is 17.8 Å². The van der Waals surface area contributed by atoms with Crippen LogP contribution >= 0.6 is 11.3 Å². The Labute approximate surface area is 149 Å². The molecule has 1 aromatic carbocycles. The standard InChI is InChI=1S/C15H18FN3O4S2/c1-3-23-14(20)11-4-5-13(12(16)8-11)25(21,22)18-7-6-17-15-19-10(2)9-24-15/h4-5,8-9,18H,3,6-7H2,1-2H3,(H,17,19). The average molecular weight is 387 g/mol. The molecule has 0 saturated carbocycles. The zero-order chi connectivity index (χ0) is 18.4. The van der Waals surface area contributed by atoms with Crippen LogP contribution in [-0.4, -0.2) is 39.1 Å². The van der Waals surface area contributed by atoms with Crippen molar-refractivity contribution in [2.75, 3.05) is 25.0 Å².